The Morgan fingerprint density at radius 3 is 1.60 bits per heavy atom. The van der Waals surface area contributed by atoms with Gasteiger partial charge in [-0.1, -0.05) is 68.0 Å². The molecule has 0 heterocycles. The SMILES string of the molecule is O=[PH+]C(CCBr)(c1ccc(Cl)cc1)c1ccc(Cl)cc1. The van der Waals surface area contributed by atoms with Gasteiger partial charge in [0.1, 0.15) is 0 Å². The number of halogens is 3. The van der Waals surface area contributed by atoms with Crippen LogP contribution in [0, 0.1) is 0 Å². The molecule has 0 radical (unpaired) electrons. The summed E-state index contributed by atoms with van der Waals surface area (Å²) < 4.78 is 12.1. The van der Waals surface area contributed by atoms with Gasteiger partial charge in [0.15, 0.2) is 0 Å². The quantitative estimate of drug-likeness (QED) is 0.448. The van der Waals surface area contributed by atoms with E-state index in [0.717, 1.165) is 22.9 Å². The monoisotopic (exact) mass is 389 g/mol. The number of hydrogen-bond acceptors (Lipinski definition) is 1. The molecule has 0 amide bonds. The fraction of sp³-hybridized carbons (Fsp3) is 0.200. The number of benzene rings is 2. The first kappa shape index (κ1) is 16.0. The molecule has 1 atom stereocenters. The zero-order chi connectivity index (χ0) is 14.6. The van der Waals surface area contributed by atoms with Gasteiger partial charge in [-0.3, -0.25) is 0 Å². The minimum Gasteiger partial charge on any atom is -0.0926 e. The van der Waals surface area contributed by atoms with Crippen molar-refractivity contribution in [3.05, 3.63) is 69.7 Å². The molecule has 2 aromatic rings. The highest BCUT2D eigenvalue weighted by Crippen LogP contribution is 2.45. The zero-order valence-corrected chi connectivity index (χ0v) is 14.7. The average Bonchev–Trinajstić information content (AvgIpc) is 2.47. The Bertz CT molecular complexity index is 538. The standard InChI is InChI=1S/C15H12BrCl2OP/c16-10-9-15(20-19,11-1-5-13(17)6-2-11)12-3-7-14(18)8-4-12/h1-8H,9-10H2/p+1. The van der Waals surface area contributed by atoms with Crippen LogP contribution in [0.25, 0.3) is 0 Å². The Morgan fingerprint density at radius 2 is 1.30 bits per heavy atom. The van der Waals surface area contributed by atoms with Crippen LogP contribution < -0.4 is 0 Å². The molecule has 0 aliphatic rings. The second kappa shape index (κ2) is 7.04. The summed E-state index contributed by atoms with van der Waals surface area (Å²) in [6, 6.07) is 15.1. The summed E-state index contributed by atoms with van der Waals surface area (Å²) in [5.41, 5.74) is 1.99. The third-order valence-corrected chi connectivity index (χ3v) is 5.39. The van der Waals surface area contributed by atoms with Crippen LogP contribution in [-0.2, 0) is 9.72 Å². The Kier molecular flexibility index (Phi) is 5.63. The van der Waals surface area contributed by atoms with Gasteiger partial charge in [0.25, 0.3) is 0 Å². The van der Waals surface area contributed by atoms with Crippen molar-refractivity contribution in [2.24, 2.45) is 0 Å². The topological polar surface area (TPSA) is 17.1 Å². The fourth-order valence-corrected chi connectivity index (χ4v) is 4.24. The highest BCUT2D eigenvalue weighted by Gasteiger charge is 2.42. The highest BCUT2D eigenvalue weighted by atomic mass is 79.9. The van der Waals surface area contributed by atoms with Crippen molar-refractivity contribution in [3.63, 3.8) is 0 Å². The molecule has 0 saturated carbocycles. The maximum atomic E-state index is 12.1. The van der Waals surface area contributed by atoms with E-state index in [4.69, 9.17) is 23.2 Å². The predicted molar refractivity (Wildman–Crippen MR) is 91.1 cm³/mol. The third kappa shape index (κ3) is 3.26. The lowest BCUT2D eigenvalue weighted by Gasteiger charge is -2.21. The van der Waals surface area contributed by atoms with Crippen LogP contribution >= 0.6 is 47.6 Å². The maximum absolute atomic E-state index is 12.1. The number of rotatable bonds is 5. The second-order valence-corrected chi connectivity index (χ2v) is 7.18. The van der Waals surface area contributed by atoms with Gasteiger partial charge in [0, 0.05) is 32.9 Å². The molecule has 0 fully saturated rings. The molecule has 0 saturated heterocycles. The van der Waals surface area contributed by atoms with Gasteiger partial charge in [-0.2, -0.15) is 0 Å². The molecule has 2 aromatic carbocycles. The molecule has 0 aromatic heterocycles. The van der Waals surface area contributed by atoms with Gasteiger partial charge in [-0.15, -0.1) is 0 Å². The van der Waals surface area contributed by atoms with Crippen LogP contribution in [0.5, 0.6) is 0 Å². The van der Waals surface area contributed by atoms with E-state index in [-0.39, 0.29) is 0 Å². The Labute approximate surface area is 138 Å². The molecule has 0 spiro atoms. The summed E-state index contributed by atoms with van der Waals surface area (Å²) in [5, 5.41) is 1.57. The summed E-state index contributed by atoms with van der Waals surface area (Å²) in [6.07, 6.45) is 0.734. The summed E-state index contributed by atoms with van der Waals surface area (Å²) in [5.74, 6) is 0. The van der Waals surface area contributed by atoms with Gasteiger partial charge in [0.05, 0.1) is 0 Å². The Balaban J connectivity index is 2.57. The fourth-order valence-electron chi connectivity index (χ4n) is 2.23. The van der Waals surface area contributed by atoms with Crippen molar-refractivity contribution in [1.82, 2.24) is 0 Å². The lowest BCUT2D eigenvalue weighted by Crippen LogP contribution is -2.21. The maximum Gasteiger partial charge on any atom is 0.340 e. The van der Waals surface area contributed by atoms with E-state index in [1.807, 2.05) is 48.5 Å². The first-order valence-corrected chi connectivity index (χ1v) is 8.88. The summed E-state index contributed by atoms with van der Waals surface area (Å²) in [4.78, 5) is 0. The lowest BCUT2D eigenvalue weighted by molar-refractivity contribution is 0.570. The van der Waals surface area contributed by atoms with Crippen molar-refractivity contribution in [2.45, 2.75) is 11.6 Å². The average molecular weight is 391 g/mol. The van der Waals surface area contributed by atoms with Gasteiger partial charge >= 0.3 is 8.46 Å². The zero-order valence-electron chi connectivity index (χ0n) is 10.6. The van der Waals surface area contributed by atoms with E-state index in [0.29, 0.717) is 10.0 Å². The number of hydrogen-bond donors (Lipinski definition) is 0. The highest BCUT2D eigenvalue weighted by molar-refractivity contribution is 9.09. The van der Waals surface area contributed by atoms with Crippen LogP contribution in [0.1, 0.15) is 17.5 Å². The minimum absolute atomic E-state index is 0.492. The van der Waals surface area contributed by atoms with E-state index in [9.17, 15) is 4.57 Å². The smallest absolute Gasteiger partial charge is 0.0926 e. The third-order valence-electron chi connectivity index (χ3n) is 3.32. The molecular formula is C15H13BrCl2OP+. The molecule has 20 heavy (non-hydrogen) atoms. The summed E-state index contributed by atoms with van der Waals surface area (Å²) >= 11 is 15.4. The van der Waals surface area contributed by atoms with Crippen LogP contribution in [0.15, 0.2) is 48.5 Å². The molecular weight excluding hydrogens is 378 g/mol. The molecule has 0 aliphatic carbocycles. The molecule has 0 bridgehead atoms. The van der Waals surface area contributed by atoms with Crippen LogP contribution in [0.2, 0.25) is 10.0 Å². The van der Waals surface area contributed by atoms with Crippen molar-refractivity contribution < 1.29 is 4.57 Å². The molecule has 0 aliphatic heterocycles. The molecule has 2 rings (SSSR count). The van der Waals surface area contributed by atoms with Crippen LogP contribution in [0.4, 0.5) is 0 Å². The predicted octanol–water partition coefficient (Wildman–Crippen LogP) is 6.05. The van der Waals surface area contributed by atoms with E-state index >= 15 is 0 Å². The van der Waals surface area contributed by atoms with E-state index in [1.165, 1.54) is 0 Å². The second-order valence-electron chi connectivity index (χ2n) is 4.46. The Hall–Kier alpha value is -0.400. The molecule has 5 heteroatoms. The van der Waals surface area contributed by atoms with Crippen molar-refractivity contribution >= 4 is 47.6 Å². The molecule has 1 nitrogen and oxygen atoms in total. The summed E-state index contributed by atoms with van der Waals surface area (Å²) in [7, 11) is -0.492. The largest absolute Gasteiger partial charge is 0.340 e. The van der Waals surface area contributed by atoms with E-state index < -0.39 is 13.6 Å². The first-order valence-electron chi connectivity index (χ1n) is 6.10. The van der Waals surface area contributed by atoms with Crippen LogP contribution in [0.3, 0.4) is 0 Å². The van der Waals surface area contributed by atoms with Gasteiger partial charge < -0.3 is 0 Å². The van der Waals surface area contributed by atoms with Crippen molar-refractivity contribution in [1.29, 1.82) is 0 Å². The van der Waals surface area contributed by atoms with E-state index in [2.05, 4.69) is 15.9 Å². The summed E-state index contributed by atoms with van der Waals surface area (Å²) in [6.45, 7) is 0. The normalized spacial score (nSPS) is 11.8. The minimum atomic E-state index is -0.529. The van der Waals surface area contributed by atoms with E-state index in [1.54, 1.807) is 0 Å². The van der Waals surface area contributed by atoms with Gasteiger partial charge in [0.2, 0.25) is 5.16 Å². The number of alkyl halides is 1. The van der Waals surface area contributed by atoms with Crippen molar-refractivity contribution in [2.75, 3.05) is 5.33 Å². The van der Waals surface area contributed by atoms with Crippen molar-refractivity contribution in [3.8, 4) is 0 Å². The van der Waals surface area contributed by atoms with Crippen LogP contribution in [-0.4, -0.2) is 5.33 Å². The lowest BCUT2D eigenvalue weighted by atomic mass is 9.88. The Morgan fingerprint density at radius 1 is 0.900 bits per heavy atom. The molecule has 1 unspecified atom stereocenters. The first-order chi connectivity index (χ1) is 9.62. The van der Waals surface area contributed by atoms with Gasteiger partial charge in [-0.05, 0) is 24.3 Å². The molecule has 104 valence electrons. The molecule has 0 N–H and O–H groups in total. The van der Waals surface area contributed by atoms with Gasteiger partial charge in [-0.25, -0.2) is 0 Å².